The van der Waals surface area contributed by atoms with E-state index in [9.17, 15) is 5.11 Å². The molecule has 1 unspecified atom stereocenters. The van der Waals surface area contributed by atoms with Crippen LogP contribution in [0, 0.1) is 12.3 Å². The number of rotatable bonds is 2. The maximum atomic E-state index is 9.37. The molecule has 1 rings (SSSR count). The second-order valence-electron chi connectivity index (χ2n) is 2.63. The molecule has 0 aromatic carbocycles. The van der Waals surface area contributed by atoms with Crippen LogP contribution in [0.1, 0.15) is 24.3 Å². The van der Waals surface area contributed by atoms with E-state index in [1.54, 1.807) is 10.9 Å². The highest BCUT2D eigenvalue weighted by molar-refractivity contribution is 5.25. The van der Waals surface area contributed by atoms with Crippen molar-refractivity contribution in [3.8, 4) is 12.3 Å². The molecule has 1 heterocycles. The minimum atomic E-state index is -0.825. The van der Waals surface area contributed by atoms with E-state index in [0.717, 1.165) is 17.7 Å². The van der Waals surface area contributed by atoms with Gasteiger partial charge in [0.2, 0.25) is 0 Å². The predicted molar refractivity (Wildman–Crippen MR) is 46.4 cm³/mol. The lowest BCUT2D eigenvalue weighted by Crippen LogP contribution is -1.95. The molecule has 0 fully saturated rings. The summed E-state index contributed by atoms with van der Waals surface area (Å²) in [7, 11) is 1.81. The van der Waals surface area contributed by atoms with Gasteiger partial charge in [0.1, 0.15) is 6.10 Å². The summed E-state index contributed by atoms with van der Waals surface area (Å²) in [4.78, 5) is 0. The summed E-state index contributed by atoms with van der Waals surface area (Å²) in [5.74, 6) is 2.27. The minimum Gasteiger partial charge on any atom is -0.376 e. The lowest BCUT2D eigenvalue weighted by atomic mass is 10.1. The highest BCUT2D eigenvalue weighted by Gasteiger charge is 2.11. The Labute approximate surface area is 72.0 Å². The summed E-state index contributed by atoms with van der Waals surface area (Å²) in [5.41, 5.74) is 1.60. The van der Waals surface area contributed by atoms with Gasteiger partial charge in [-0.1, -0.05) is 12.8 Å². The standard InChI is InChI=1S/C9H12N2O/c1-4-8-7(9(12)5-2)6-11(3)10-8/h2,6,9,12H,4H2,1,3H3. The van der Waals surface area contributed by atoms with Gasteiger partial charge in [-0.15, -0.1) is 6.42 Å². The normalized spacial score (nSPS) is 12.5. The molecule has 1 atom stereocenters. The first kappa shape index (κ1) is 8.82. The Morgan fingerprint density at radius 3 is 3.00 bits per heavy atom. The number of aliphatic hydroxyl groups excluding tert-OH is 1. The van der Waals surface area contributed by atoms with Crippen LogP contribution in [0.4, 0.5) is 0 Å². The van der Waals surface area contributed by atoms with Gasteiger partial charge >= 0.3 is 0 Å². The number of aryl methyl sites for hydroxylation is 2. The monoisotopic (exact) mass is 164 g/mol. The Hall–Kier alpha value is -1.27. The van der Waals surface area contributed by atoms with Crippen LogP contribution in [-0.2, 0) is 13.5 Å². The Morgan fingerprint density at radius 1 is 1.83 bits per heavy atom. The van der Waals surface area contributed by atoms with Crippen LogP contribution in [0.5, 0.6) is 0 Å². The summed E-state index contributed by atoms with van der Waals surface area (Å²) >= 11 is 0. The average Bonchev–Trinajstić information content (AvgIpc) is 2.45. The van der Waals surface area contributed by atoms with Crippen molar-refractivity contribution in [2.45, 2.75) is 19.4 Å². The van der Waals surface area contributed by atoms with Crippen molar-refractivity contribution in [2.24, 2.45) is 7.05 Å². The van der Waals surface area contributed by atoms with E-state index in [2.05, 4.69) is 11.0 Å². The Morgan fingerprint density at radius 2 is 2.50 bits per heavy atom. The fourth-order valence-corrected chi connectivity index (χ4v) is 1.15. The van der Waals surface area contributed by atoms with Gasteiger partial charge in [-0.05, 0) is 6.42 Å². The molecule has 0 bridgehead atoms. The van der Waals surface area contributed by atoms with Crippen LogP contribution in [0.2, 0.25) is 0 Å². The van der Waals surface area contributed by atoms with E-state index < -0.39 is 6.10 Å². The van der Waals surface area contributed by atoms with Crippen molar-refractivity contribution in [2.75, 3.05) is 0 Å². The summed E-state index contributed by atoms with van der Waals surface area (Å²) in [6, 6.07) is 0. The van der Waals surface area contributed by atoms with E-state index in [1.807, 2.05) is 14.0 Å². The number of aromatic nitrogens is 2. The number of nitrogens with zero attached hydrogens (tertiary/aromatic N) is 2. The maximum absolute atomic E-state index is 9.37. The van der Waals surface area contributed by atoms with Crippen molar-refractivity contribution >= 4 is 0 Å². The van der Waals surface area contributed by atoms with E-state index in [0.29, 0.717) is 0 Å². The second-order valence-corrected chi connectivity index (χ2v) is 2.63. The fourth-order valence-electron chi connectivity index (χ4n) is 1.15. The molecule has 12 heavy (non-hydrogen) atoms. The fraction of sp³-hybridized carbons (Fsp3) is 0.444. The quantitative estimate of drug-likeness (QED) is 0.652. The topological polar surface area (TPSA) is 38.0 Å². The zero-order chi connectivity index (χ0) is 9.14. The zero-order valence-corrected chi connectivity index (χ0v) is 7.28. The van der Waals surface area contributed by atoms with Crippen molar-refractivity contribution in [3.05, 3.63) is 17.5 Å². The lowest BCUT2D eigenvalue weighted by Gasteiger charge is -2.00. The van der Waals surface area contributed by atoms with Crippen LogP contribution in [0.25, 0.3) is 0 Å². The van der Waals surface area contributed by atoms with Crippen LogP contribution in [0.3, 0.4) is 0 Å². The summed E-state index contributed by atoms with van der Waals surface area (Å²) in [5, 5.41) is 13.5. The molecule has 0 aliphatic rings. The Kier molecular flexibility index (Phi) is 2.51. The zero-order valence-electron chi connectivity index (χ0n) is 7.28. The van der Waals surface area contributed by atoms with E-state index >= 15 is 0 Å². The van der Waals surface area contributed by atoms with Gasteiger partial charge in [0.25, 0.3) is 0 Å². The van der Waals surface area contributed by atoms with Crippen molar-refractivity contribution in [1.29, 1.82) is 0 Å². The van der Waals surface area contributed by atoms with E-state index in [1.165, 1.54) is 0 Å². The number of hydrogen-bond donors (Lipinski definition) is 1. The number of aliphatic hydroxyl groups is 1. The SMILES string of the molecule is C#CC(O)c1cn(C)nc1CC. The third-order valence-corrected chi connectivity index (χ3v) is 1.72. The van der Waals surface area contributed by atoms with Crippen LogP contribution < -0.4 is 0 Å². The smallest absolute Gasteiger partial charge is 0.143 e. The number of terminal acetylenes is 1. The molecule has 1 aromatic rings. The molecule has 1 aromatic heterocycles. The molecule has 0 amide bonds. The van der Waals surface area contributed by atoms with Gasteiger partial charge in [-0.25, -0.2) is 0 Å². The summed E-state index contributed by atoms with van der Waals surface area (Å²) in [6.45, 7) is 1.98. The molecule has 1 N–H and O–H groups in total. The van der Waals surface area contributed by atoms with Crippen LogP contribution in [-0.4, -0.2) is 14.9 Å². The Balaban J connectivity index is 3.06. The Bertz CT molecular complexity index is 309. The van der Waals surface area contributed by atoms with Crippen LogP contribution >= 0.6 is 0 Å². The molecule has 3 heteroatoms. The molecule has 0 saturated carbocycles. The molecule has 64 valence electrons. The van der Waals surface area contributed by atoms with Crippen molar-refractivity contribution < 1.29 is 5.11 Å². The third kappa shape index (κ3) is 1.49. The lowest BCUT2D eigenvalue weighted by molar-refractivity contribution is 0.237. The van der Waals surface area contributed by atoms with Gasteiger partial charge in [-0.2, -0.15) is 5.10 Å². The molecule has 0 aliphatic carbocycles. The van der Waals surface area contributed by atoms with Gasteiger partial charge < -0.3 is 5.11 Å². The molecular formula is C9H12N2O. The first-order chi connectivity index (χ1) is 5.69. The maximum Gasteiger partial charge on any atom is 0.143 e. The van der Waals surface area contributed by atoms with Gasteiger partial charge in [0.05, 0.1) is 5.69 Å². The molecule has 0 spiro atoms. The summed E-state index contributed by atoms with van der Waals surface area (Å²) in [6.07, 6.45) is 6.81. The van der Waals surface area contributed by atoms with Gasteiger partial charge in [0, 0.05) is 18.8 Å². The highest BCUT2D eigenvalue weighted by atomic mass is 16.3. The molecular weight excluding hydrogens is 152 g/mol. The molecule has 0 aliphatic heterocycles. The molecule has 0 saturated heterocycles. The van der Waals surface area contributed by atoms with Crippen molar-refractivity contribution in [1.82, 2.24) is 9.78 Å². The average molecular weight is 164 g/mol. The third-order valence-electron chi connectivity index (χ3n) is 1.72. The first-order valence-corrected chi connectivity index (χ1v) is 3.85. The van der Waals surface area contributed by atoms with Gasteiger partial charge in [-0.3, -0.25) is 4.68 Å². The number of hydrogen-bond acceptors (Lipinski definition) is 2. The summed E-state index contributed by atoms with van der Waals surface area (Å²) < 4.78 is 1.66. The molecule has 0 radical (unpaired) electrons. The minimum absolute atomic E-state index is 0.738. The van der Waals surface area contributed by atoms with Gasteiger partial charge in [0.15, 0.2) is 0 Å². The second kappa shape index (κ2) is 3.42. The molecule has 3 nitrogen and oxygen atoms in total. The predicted octanol–water partition coefficient (Wildman–Crippen LogP) is 0.649. The van der Waals surface area contributed by atoms with Crippen LogP contribution in [0.15, 0.2) is 6.20 Å². The van der Waals surface area contributed by atoms with Crippen molar-refractivity contribution in [3.63, 3.8) is 0 Å². The highest BCUT2D eigenvalue weighted by Crippen LogP contribution is 2.15. The van der Waals surface area contributed by atoms with E-state index in [-0.39, 0.29) is 0 Å². The largest absolute Gasteiger partial charge is 0.376 e. The van der Waals surface area contributed by atoms with E-state index in [4.69, 9.17) is 6.42 Å². The first-order valence-electron chi connectivity index (χ1n) is 3.85.